The van der Waals surface area contributed by atoms with Crippen LogP contribution in [-0.4, -0.2) is 11.1 Å². The molecule has 0 bridgehead atoms. The number of benzene rings is 1. The molecule has 1 aromatic rings. The van der Waals surface area contributed by atoms with Crippen LogP contribution in [0.2, 0.25) is 10.0 Å². The summed E-state index contributed by atoms with van der Waals surface area (Å²) in [5.74, 6) is -0.987. The van der Waals surface area contributed by atoms with Gasteiger partial charge < -0.3 is 5.11 Å². The number of carbonyl (C=O) groups is 1. The molecule has 0 aliphatic heterocycles. The van der Waals surface area contributed by atoms with Crippen LogP contribution in [0.5, 0.6) is 0 Å². The fraction of sp³-hybridized carbons (Fsp3) is 0.250. The summed E-state index contributed by atoms with van der Waals surface area (Å²) < 4.78 is 0. The largest absolute Gasteiger partial charge is 0.478 e. The first-order valence-corrected chi connectivity index (χ1v) is 5.69. The summed E-state index contributed by atoms with van der Waals surface area (Å²) in [7, 11) is 0. The van der Waals surface area contributed by atoms with Crippen molar-refractivity contribution in [3.05, 3.63) is 39.9 Å². The van der Waals surface area contributed by atoms with Gasteiger partial charge in [0, 0.05) is 21.7 Å². The number of hydrogen-bond acceptors (Lipinski definition) is 1. The van der Waals surface area contributed by atoms with E-state index in [1.807, 2.05) is 6.92 Å². The molecular weight excluding hydrogens is 247 g/mol. The van der Waals surface area contributed by atoms with E-state index in [1.165, 1.54) is 0 Å². The van der Waals surface area contributed by atoms with Crippen molar-refractivity contribution in [1.29, 1.82) is 0 Å². The predicted octanol–water partition coefficient (Wildman–Crippen LogP) is 4.26. The van der Waals surface area contributed by atoms with E-state index in [0.29, 0.717) is 27.6 Å². The van der Waals surface area contributed by atoms with Crippen LogP contribution in [0.15, 0.2) is 24.3 Å². The zero-order chi connectivity index (χ0) is 12.1. The fourth-order valence-electron chi connectivity index (χ4n) is 1.49. The van der Waals surface area contributed by atoms with E-state index in [9.17, 15) is 4.79 Å². The molecule has 1 aromatic carbocycles. The maximum atomic E-state index is 10.7. The SMILES string of the molecule is CCC/C(=C\C(=O)O)c1c(Cl)cccc1Cl. The predicted molar refractivity (Wildman–Crippen MR) is 67.0 cm³/mol. The number of carboxylic acids is 1. The van der Waals surface area contributed by atoms with Crippen molar-refractivity contribution in [2.45, 2.75) is 19.8 Å². The van der Waals surface area contributed by atoms with Crippen LogP contribution >= 0.6 is 23.2 Å². The van der Waals surface area contributed by atoms with Crippen LogP contribution in [0.25, 0.3) is 5.57 Å². The average molecular weight is 259 g/mol. The van der Waals surface area contributed by atoms with E-state index < -0.39 is 5.97 Å². The molecule has 86 valence electrons. The lowest BCUT2D eigenvalue weighted by Gasteiger charge is -2.10. The molecule has 0 spiro atoms. The van der Waals surface area contributed by atoms with Gasteiger partial charge in [0.1, 0.15) is 0 Å². The quantitative estimate of drug-likeness (QED) is 0.820. The van der Waals surface area contributed by atoms with Crippen LogP contribution in [0, 0.1) is 0 Å². The highest BCUT2D eigenvalue weighted by atomic mass is 35.5. The number of rotatable bonds is 4. The van der Waals surface area contributed by atoms with E-state index in [4.69, 9.17) is 28.3 Å². The number of hydrogen-bond donors (Lipinski definition) is 1. The molecule has 1 rings (SSSR count). The maximum Gasteiger partial charge on any atom is 0.328 e. The van der Waals surface area contributed by atoms with Gasteiger partial charge in [0.25, 0.3) is 0 Å². The molecule has 0 saturated carbocycles. The van der Waals surface area contributed by atoms with Crippen molar-refractivity contribution in [3.63, 3.8) is 0 Å². The Morgan fingerprint density at radius 1 is 1.38 bits per heavy atom. The Kier molecular flexibility index (Phi) is 4.84. The lowest BCUT2D eigenvalue weighted by molar-refractivity contribution is -0.131. The van der Waals surface area contributed by atoms with E-state index in [0.717, 1.165) is 12.5 Å². The third-order valence-corrected chi connectivity index (χ3v) is 2.73. The van der Waals surface area contributed by atoms with Crippen molar-refractivity contribution in [3.8, 4) is 0 Å². The highest BCUT2D eigenvalue weighted by Crippen LogP contribution is 2.33. The molecule has 0 saturated heterocycles. The van der Waals surface area contributed by atoms with E-state index >= 15 is 0 Å². The first-order valence-electron chi connectivity index (χ1n) is 4.94. The number of carboxylic acid groups (broad SMARTS) is 1. The number of aliphatic carboxylic acids is 1. The lowest BCUT2D eigenvalue weighted by Crippen LogP contribution is -1.94. The Hall–Kier alpha value is -0.990. The zero-order valence-corrected chi connectivity index (χ0v) is 10.3. The molecule has 0 unspecified atom stereocenters. The molecule has 16 heavy (non-hydrogen) atoms. The van der Waals surface area contributed by atoms with Gasteiger partial charge in [-0.1, -0.05) is 42.6 Å². The monoisotopic (exact) mass is 258 g/mol. The Bertz CT molecular complexity index is 405. The third-order valence-electron chi connectivity index (χ3n) is 2.10. The molecule has 0 aliphatic carbocycles. The zero-order valence-electron chi connectivity index (χ0n) is 8.84. The molecule has 0 aliphatic rings. The Labute approximate surface area is 104 Å². The van der Waals surface area contributed by atoms with Gasteiger partial charge in [0.05, 0.1) is 0 Å². The summed E-state index contributed by atoms with van der Waals surface area (Å²) in [6.07, 6.45) is 2.63. The van der Waals surface area contributed by atoms with Crippen molar-refractivity contribution < 1.29 is 9.90 Å². The minimum absolute atomic E-state index is 0.480. The van der Waals surface area contributed by atoms with Gasteiger partial charge in [-0.25, -0.2) is 4.79 Å². The molecule has 0 aromatic heterocycles. The smallest absolute Gasteiger partial charge is 0.328 e. The second-order valence-electron chi connectivity index (χ2n) is 3.35. The molecule has 0 fully saturated rings. The summed E-state index contributed by atoms with van der Waals surface area (Å²) in [6, 6.07) is 5.14. The van der Waals surface area contributed by atoms with Crippen molar-refractivity contribution in [2.75, 3.05) is 0 Å². The van der Waals surface area contributed by atoms with Gasteiger partial charge >= 0.3 is 5.97 Å². The Balaban J connectivity index is 3.26. The third kappa shape index (κ3) is 3.26. The van der Waals surface area contributed by atoms with Crippen LogP contribution < -0.4 is 0 Å². The number of halogens is 2. The normalized spacial score (nSPS) is 11.6. The fourth-order valence-corrected chi connectivity index (χ4v) is 2.13. The molecular formula is C12H12Cl2O2. The van der Waals surface area contributed by atoms with Crippen LogP contribution in [0.1, 0.15) is 25.3 Å². The van der Waals surface area contributed by atoms with Gasteiger partial charge in [0.15, 0.2) is 0 Å². The highest BCUT2D eigenvalue weighted by molar-refractivity contribution is 6.37. The molecule has 0 radical (unpaired) electrons. The second-order valence-corrected chi connectivity index (χ2v) is 4.17. The first kappa shape index (κ1) is 13.1. The van der Waals surface area contributed by atoms with E-state index in [2.05, 4.69) is 0 Å². The van der Waals surface area contributed by atoms with E-state index in [-0.39, 0.29) is 0 Å². The summed E-state index contributed by atoms with van der Waals surface area (Å²) in [6.45, 7) is 1.97. The molecule has 1 N–H and O–H groups in total. The van der Waals surface area contributed by atoms with Gasteiger partial charge in [0.2, 0.25) is 0 Å². The Morgan fingerprint density at radius 2 is 1.94 bits per heavy atom. The van der Waals surface area contributed by atoms with Gasteiger partial charge in [-0.3, -0.25) is 0 Å². The number of allylic oxidation sites excluding steroid dienone is 1. The molecule has 4 heteroatoms. The first-order chi connectivity index (χ1) is 7.56. The molecule has 0 heterocycles. The van der Waals surface area contributed by atoms with Crippen LogP contribution in [0.4, 0.5) is 0 Å². The summed E-state index contributed by atoms with van der Waals surface area (Å²) >= 11 is 12.1. The maximum absolute atomic E-state index is 10.7. The van der Waals surface area contributed by atoms with Gasteiger partial charge in [-0.2, -0.15) is 0 Å². The summed E-state index contributed by atoms with van der Waals surface area (Å²) in [4.78, 5) is 10.7. The van der Waals surface area contributed by atoms with Gasteiger partial charge in [-0.15, -0.1) is 0 Å². The molecule has 0 atom stereocenters. The minimum Gasteiger partial charge on any atom is -0.478 e. The minimum atomic E-state index is -0.987. The van der Waals surface area contributed by atoms with Gasteiger partial charge in [-0.05, 0) is 24.1 Å². The summed E-state index contributed by atoms with van der Waals surface area (Å²) in [5.41, 5.74) is 1.28. The van der Waals surface area contributed by atoms with Crippen LogP contribution in [0.3, 0.4) is 0 Å². The molecule has 2 nitrogen and oxygen atoms in total. The van der Waals surface area contributed by atoms with Crippen LogP contribution in [-0.2, 0) is 4.79 Å². The Morgan fingerprint density at radius 3 is 2.38 bits per heavy atom. The second kappa shape index (κ2) is 5.92. The van der Waals surface area contributed by atoms with Crippen molar-refractivity contribution in [2.24, 2.45) is 0 Å². The highest BCUT2D eigenvalue weighted by Gasteiger charge is 2.11. The topological polar surface area (TPSA) is 37.3 Å². The van der Waals surface area contributed by atoms with Crippen molar-refractivity contribution >= 4 is 34.7 Å². The average Bonchev–Trinajstić information content (AvgIpc) is 2.16. The summed E-state index contributed by atoms with van der Waals surface area (Å²) in [5, 5.41) is 9.75. The van der Waals surface area contributed by atoms with Crippen molar-refractivity contribution in [1.82, 2.24) is 0 Å². The van der Waals surface area contributed by atoms with E-state index in [1.54, 1.807) is 18.2 Å². The lowest BCUT2D eigenvalue weighted by atomic mass is 10.0. The molecule has 0 amide bonds. The standard InChI is InChI=1S/C12H12Cl2O2/c1-2-4-8(7-11(15)16)12-9(13)5-3-6-10(12)14/h3,5-7H,2,4H2,1H3,(H,15,16)/b8-7+.